The van der Waals surface area contributed by atoms with E-state index >= 15 is 0 Å². The first-order valence-electron chi connectivity index (χ1n) is 6.67. The Labute approximate surface area is 115 Å². The van der Waals surface area contributed by atoms with Crippen molar-refractivity contribution >= 4 is 0 Å². The van der Waals surface area contributed by atoms with Gasteiger partial charge in [-0.1, -0.05) is 26.3 Å². The van der Waals surface area contributed by atoms with Gasteiger partial charge in [-0.2, -0.15) is 5.26 Å². The van der Waals surface area contributed by atoms with Gasteiger partial charge in [0.1, 0.15) is 18.5 Å². The molecule has 0 saturated heterocycles. The minimum atomic E-state index is -0.546. The van der Waals surface area contributed by atoms with Gasteiger partial charge in [-0.05, 0) is 30.7 Å². The van der Waals surface area contributed by atoms with Gasteiger partial charge in [-0.15, -0.1) is 0 Å². The summed E-state index contributed by atoms with van der Waals surface area (Å²) in [6.07, 6.45) is 0.579. The van der Waals surface area contributed by atoms with E-state index < -0.39 is 6.10 Å². The van der Waals surface area contributed by atoms with Crippen LogP contribution in [0, 0.1) is 17.2 Å². The molecule has 0 amide bonds. The predicted octanol–water partition coefficient (Wildman–Crippen LogP) is 1.93. The van der Waals surface area contributed by atoms with Crippen molar-refractivity contribution in [3.63, 3.8) is 0 Å². The number of nitriles is 1. The Bertz CT molecular complexity index is 415. The summed E-state index contributed by atoms with van der Waals surface area (Å²) < 4.78 is 5.45. The van der Waals surface area contributed by atoms with Crippen molar-refractivity contribution < 1.29 is 9.84 Å². The maximum absolute atomic E-state index is 9.77. The number of hydrogen-bond donors (Lipinski definition) is 2. The molecule has 19 heavy (non-hydrogen) atoms. The number of nitrogens with zero attached hydrogens (tertiary/aromatic N) is 1. The van der Waals surface area contributed by atoms with Crippen molar-refractivity contribution in [2.24, 2.45) is 5.92 Å². The van der Waals surface area contributed by atoms with Gasteiger partial charge in [-0.3, -0.25) is 0 Å². The van der Waals surface area contributed by atoms with Crippen LogP contribution in [0.15, 0.2) is 24.3 Å². The van der Waals surface area contributed by atoms with E-state index in [0.717, 1.165) is 13.0 Å². The fourth-order valence-corrected chi connectivity index (χ4v) is 1.55. The van der Waals surface area contributed by atoms with E-state index in [9.17, 15) is 5.11 Å². The zero-order chi connectivity index (χ0) is 14.1. The number of aliphatic hydroxyl groups is 1. The van der Waals surface area contributed by atoms with Gasteiger partial charge in [-0.25, -0.2) is 0 Å². The highest BCUT2D eigenvalue weighted by atomic mass is 16.5. The molecule has 0 saturated carbocycles. The minimum Gasteiger partial charge on any atom is -0.491 e. The molecule has 1 aromatic carbocycles. The van der Waals surface area contributed by atoms with E-state index in [2.05, 4.69) is 25.2 Å². The standard InChI is InChI=1S/C15H22N2O2/c1-3-12(2)9-17-10-14(18)11-19-15-6-4-5-13(7-15)8-16/h4-7,12,14,17-18H,3,9-11H2,1-2H3. The Morgan fingerprint density at radius 2 is 2.21 bits per heavy atom. The van der Waals surface area contributed by atoms with E-state index in [1.54, 1.807) is 24.3 Å². The van der Waals surface area contributed by atoms with Crippen LogP contribution >= 0.6 is 0 Å². The first kappa shape index (κ1) is 15.5. The molecular formula is C15H22N2O2. The normalized spacial score (nSPS) is 13.6. The highest BCUT2D eigenvalue weighted by Gasteiger charge is 2.06. The highest BCUT2D eigenvalue weighted by molar-refractivity contribution is 5.36. The smallest absolute Gasteiger partial charge is 0.120 e. The summed E-state index contributed by atoms with van der Waals surface area (Å²) >= 11 is 0. The van der Waals surface area contributed by atoms with Crippen LogP contribution in [0.25, 0.3) is 0 Å². The summed E-state index contributed by atoms with van der Waals surface area (Å²) in [5.41, 5.74) is 0.557. The molecule has 1 aromatic rings. The fraction of sp³-hybridized carbons (Fsp3) is 0.533. The van der Waals surface area contributed by atoms with Crippen molar-refractivity contribution in [3.05, 3.63) is 29.8 Å². The molecule has 104 valence electrons. The van der Waals surface area contributed by atoms with Crippen LogP contribution in [0.5, 0.6) is 5.75 Å². The van der Waals surface area contributed by atoms with Gasteiger partial charge in [0, 0.05) is 6.54 Å². The van der Waals surface area contributed by atoms with E-state index in [-0.39, 0.29) is 6.61 Å². The number of hydrogen-bond acceptors (Lipinski definition) is 4. The van der Waals surface area contributed by atoms with Crippen LogP contribution in [-0.4, -0.2) is 30.9 Å². The van der Waals surface area contributed by atoms with Gasteiger partial charge in [0.15, 0.2) is 0 Å². The molecule has 0 fully saturated rings. The summed E-state index contributed by atoms with van der Waals surface area (Å²) in [6.45, 7) is 5.96. The number of rotatable bonds is 8. The molecule has 0 aliphatic heterocycles. The second-order valence-corrected chi connectivity index (χ2v) is 4.78. The molecule has 1 rings (SSSR count). The van der Waals surface area contributed by atoms with Crippen LogP contribution in [0.1, 0.15) is 25.8 Å². The Hall–Kier alpha value is -1.57. The Morgan fingerprint density at radius 1 is 1.42 bits per heavy atom. The highest BCUT2D eigenvalue weighted by Crippen LogP contribution is 2.12. The topological polar surface area (TPSA) is 65.3 Å². The summed E-state index contributed by atoms with van der Waals surface area (Å²) in [5.74, 6) is 1.22. The summed E-state index contributed by atoms with van der Waals surface area (Å²) in [4.78, 5) is 0. The number of benzene rings is 1. The third-order valence-corrected chi connectivity index (χ3v) is 2.98. The van der Waals surface area contributed by atoms with Crippen LogP contribution in [-0.2, 0) is 0 Å². The monoisotopic (exact) mass is 262 g/mol. The number of nitrogens with one attached hydrogen (secondary N) is 1. The fourth-order valence-electron chi connectivity index (χ4n) is 1.55. The second-order valence-electron chi connectivity index (χ2n) is 4.78. The Kier molecular flexibility index (Phi) is 6.94. The maximum Gasteiger partial charge on any atom is 0.120 e. The zero-order valence-corrected chi connectivity index (χ0v) is 11.6. The van der Waals surface area contributed by atoms with Gasteiger partial charge in [0.2, 0.25) is 0 Å². The van der Waals surface area contributed by atoms with E-state index in [4.69, 9.17) is 10.00 Å². The summed E-state index contributed by atoms with van der Waals surface area (Å²) in [5, 5.41) is 21.7. The van der Waals surface area contributed by atoms with E-state index in [0.29, 0.717) is 23.8 Å². The SMILES string of the molecule is CCC(C)CNCC(O)COc1cccc(C#N)c1. The van der Waals surface area contributed by atoms with Crippen molar-refractivity contribution in [1.29, 1.82) is 5.26 Å². The third-order valence-electron chi connectivity index (χ3n) is 2.98. The Morgan fingerprint density at radius 3 is 2.89 bits per heavy atom. The molecule has 0 aliphatic rings. The molecule has 2 unspecified atom stereocenters. The van der Waals surface area contributed by atoms with Crippen molar-refractivity contribution in [2.45, 2.75) is 26.4 Å². The third kappa shape index (κ3) is 6.23. The van der Waals surface area contributed by atoms with Crippen molar-refractivity contribution in [3.8, 4) is 11.8 Å². The lowest BCUT2D eigenvalue weighted by molar-refractivity contribution is 0.105. The Balaban J connectivity index is 2.26. The molecule has 0 aromatic heterocycles. The van der Waals surface area contributed by atoms with Crippen molar-refractivity contribution in [1.82, 2.24) is 5.32 Å². The average molecular weight is 262 g/mol. The molecule has 2 N–H and O–H groups in total. The lowest BCUT2D eigenvalue weighted by atomic mass is 10.1. The molecule has 2 atom stereocenters. The molecule has 0 bridgehead atoms. The molecule has 4 nitrogen and oxygen atoms in total. The van der Waals surface area contributed by atoms with E-state index in [1.807, 2.05) is 0 Å². The van der Waals surface area contributed by atoms with Gasteiger partial charge < -0.3 is 15.2 Å². The second kappa shape index (κ2) is 8.52. The van der Waals surface area contributed by atoms with Gasteiger partial charge in [0.05, 0.1) is 11.6 Å². The van der Waals surface area contributed by atoms with Gasteiger partial charge >= 0.3 is 0 Å². The molecule has 4 heteroatoms. The van der Waals surface area contributed by atoms with Crippen LogP contribution < -0.4 is 10.1 Å². The largest absolute Gasteiger partial charge is 0.491 e. The molecular weight excluding hydrogens is 240 g/mol. The van der Waals surface area contributed by atoms with Crippen LogP contribution in [0.3, 0.4) is 0 Å². The maximum atomic E-state index is 9.77. The molecule has 0 aliphatic carbocycles. The van der Waals surface area contributed by atoms with E-state index in [1.165, 1.54) is 0 Å². The lowest BCUT2D eigenvalue weighted by Gasteiger charge is -2.15. The molecule has 0 spiro atoms. The number of ether oxygens (including phenoxy) is 1. The quantitative estimate of drug-likeness (QED) is 0.751. The van der Waals surface area contributed by atoms with Crippen molar-refractivity contribution in [2.75, 3.05) is 19.7 Å². The summed E-state index contributed by atoms with van der Waals surface area (Å²) in [7, 11) is 0. The predicted molar refractivity (Wildman–Crippen MR) is 75.0 cm³/mol. The van der Waals surface area contributed by atoms with Gasteiger partial charge in [0.25, 0.3) is 0 Å². The number of aliphatic hydroxyl groups excluding tert-OH is 1. The minimum absolute atomic E-state index is 0.225. The first-order chi connectivity index (χ1) is 9.15. The van der Waals surface area contributed by atoms with Crippen LogP contribution in [0.2, 0.25) is 0 Å². The summed E-state index contributed by atoms with van der Waals surface area (Å²) in [6, 6.07) is 8.98. The zero-order valence-electron chi connectivity index (χ0n) is 11.6. The lowest BCUT2D eigenvalue weighted by Crippen LogP contribution is -2.33. The average Bonchev–Trinajstić information content (AvgIpc) is 2.45. The molecule has 0 heterocycles. The first-order valence-corrected chi connectivity index (χ1v) is 6.67. The van der Waals surface area contributed by atoms with Crippen LogP contribution in [0.4, 0.5) is 0 Å². The molecule has 0 radical (unpaired) electrons.